The van der Waals surface area contributed by atoms with Gasteiger partial charge in [-0.05, 0) is 42.0 Å². The number of para-hydroxylation sites is 2. The number of piperazine rings is 1. The summed E-state index contributed by atoms with van der Waals surface area (Å²) < 4.78 is 25.3. The van der Waals surface area contributed by atoms with E-state index < -0.39 is 6.10 Å². The number of hydrogen-bond donors (Lipinski definition) is 0. The fourth-order valence-electron chi connectivity index (χ4n) is 5.14. The van der Waals surface area contributed by atoms with Crippen LogP contribution in [0.2, 0.25) is 0 Å². The lowest BCUT2D eigenvalue weighted by molar-refractivity contribution is 0.0430. The van der Waals surface area contributed by atoms with Gasteiger partial charge in [0.1, 0.15) is 12.4 Å². The van der Waals surface area contributed by atoms with Gasteiger partial charge in [0.05, 0.1) is 23.4 Å². The van der Waals surface area contributed by atoms with Crippen LogP contribution >= 0.6 is 0 Å². The van der Waals surface area contributed by atoms with Crippen LogP contribution in [-0.2, 0) is 6.54 Å². The Hall–Kier alpha value is -3.91. The second kappa shape index (κ2) is 9.28. The summed E-state index contributed by atoms with van der Waals surface area (Å²) in [5.74, 6) is 0.449. The first-order chi connectivity index (χ1) is 17.6. The number of hydrogen-bond acceptors (Lipinski definition) is 6. The van der Waals surface area contributed by atoms with Crippen molar-refractivity contribution < 1.29 is 23.5 Å². The molecular formula is C28H26FN3O4. The number of carbonyl (C=O) groups excluding carboxylic acids is 2. The molecule has 1 fully saturated rings. The molecule has 6 rings (SSSR count). The van der Waals surface area contributed by atoms with Gasteiger partial charge in [-0.1, -0.05) is 30.3 Å². The van der Waals surface area contributed by atoms with Crippen molar-refractivity contribution in [2.24, 2.45) is 0 Å². The summed E-state index contributed by atoms with van der Waals surface area (Å²) in [6.07, 6.45) is -0.433. The molecule has 8 heteroatoms. The average molecular weight is 488 g/mol. The first-order valence-electron chi connectivity index (χ1n) is 12.2. The standard InChI is InChI=1S/C28H26FN3O4/c29-20-6-3-5-19(15-20)16-30-11-13-31(14-12-30)23-8-4-7-22-26(23)28(34)32(27(22)33)17-21-18-35-24-9-1-2-10-25(24)36-21/h1-10,15,21H,11-14,16-18H2. The second-order valence-corrected chi connectivity index (χ2v) is 9.31. The number of anilines is 1. The molecule has 2 amide bonds. The van der Waals surface area contributed by atoms with Crippen molar-refractivity contribution in [1.29, 1.82) is 0 Å². The zero-order chi connectivity index (χ0) is 24.6. The van der Waals surface area contributed by atoms with Gasteiger partial charge in [-0.25, -0.2) is 4.39 Å². The highest BCUT2D eigenvalue weighted by Gasteiger charge is 2.40. The Labute approximate surface area is 208 Å². The molecule has 3 heterocycles. The highest BCUT2D eigenvalue weighted by molar-refractivity contribution is 6.23. The maximum Gasteiger partial charge on any atom is 0.263 e. The minimum absolute atomic E-state index is 0.127. The SMILES string of the molecule is O=C1c2cccc(N3CCN(Cc4cccc(F)c4)CC3)c2C(=O)N1CC1COc2ccccc2O1. The maximum absolute atomic E-state index is 13.5. The topological polar surface area (TPSA) is 62.3 Å². The number of imide groups is 1. The zero-order valence-corrected chi connectivity index (χ0v) is 19.7. The van der Waals surface area contributed by atoms with Gasteiger partial charge in [-0.3, -0.25) is 19.4 Å². The average Bonchev–Trinajstić information content (AvgIpc) is 3.14. The van der Waals surface area contributed by atoms with Crippen molar-refractivity contribution in [2.45, 2.75) is 12.6 Å². The van der Waals surface area contributed by atoms with E-state index in [9.17, 15) is 14.0 Å². The molecule has 1 atom stereocenters. The largest absolute Gasteiger partial charge is 0.486 e. The highest BCUT2D eigenvalue weighted by atomic mass is 19.1. The molecule has 0 radical (unpaired) electrons. The molecule has 0 saturated carbocycles. The Morgan fingerprint density at radius 2 is 1.64 bits per heavy atom. The zero-order valence-electron chi connectivity index (χ0n) is 19.7. The Kier molecular flexibility index (Phi) is 5.81. The summed E-state index contributed by atoms with van der Waals surface area (Å²) in [6, 6.07) is 19.5. The van der Waals surface area contributed by atoms with Crippen LogP contribution in [0, 0.1) is 5.82 Å². The number of carbonyl (C=O) groups is 2. The number of amides is 2. The molecule has 184 valence electrons. The number of ether oxygens (including phenoxy) is 2. The maximum atomic E-state index is 13.5. The van der Waals surface area contributed by atoms with Crippen LogP contribution in [0.1, 0.15) is 26.3 Å². The van der Waals surface area contributed by atoms with Gasteiger partial charge >= 0.3 is 0 Å². The van der Waals surface area contributed by atoms with E-state index in [-0.39, 0.29) is 30.8 Å². The van der Waals surface area contributed by atoms with Gasteiger partial charge in [-0.15, -0.1) is 0 Å². The van der Waals surface area contributed by atoms with Crippen molar-refractivity contribution in [1.82, 2.24) is 9.80 Å². The van der Waals surface area contributed by atoms with E-state index in [2.05, 4.69) is 9.80 Å². The Morgan fingerprint density at radius 1 is 0.861 bits per heavy atom. The van der Waals surface area contributed by atoms with Gasteiger partial charge in [0.15, 0.2) is 17.6 Å². The predicted octanol–water partition coefficient (Wildman–Crippen LogP) is 3.58. The Morgan fingerprint density at radius 3 is 2.44 bits per heavy atom. The first-order valence-corrected chi connectivity index (χ1v) is 12.2. The van der Waals surface area contributed by atoms with E-state index in [4.69, 9.17) is 9.47 Å². The molecule has 36 heavy (non-hydrogen) atoms. The molecule has 0 spiro atoms. The summed E-state index contributed by atoms with van der Waals surface area (Å²) in [5.41, 5.74) is 2.61. The highest BCUT2D eigenvalue weighted by Crippen LogP contribution is 2.35. The number of halogens is 1. The summed E-state index contributed by atoms with van der Waals surface area (Å²) in [6.45, 7) is 4.05. The van der Waals surface area contributed by atoms with Crippen molar-refractivity contribution in [3.8, 4) is 11.5 Å². The molecule has 3 aromatic rings. The minimum atomic E-state index is -0.433. The first kappa shape index (κ1) is 22.5. The van der Waals surface area contributed by atoms with E-state index in [1.807, 2.05) is 42.5 Å². The third-order valence-corrected chi connectivity index (χ3v) is 6.94. The van der Waals surface area contributed by atoms with Crippen LogP contribution in [-0.4, -0.2) is 67.0 Å². The molecule has 0 bridgehead atoms. The van der Waals surface area contributed by atoms with Crippen LogP contribution in [0.5, 0.6) is 11.5 Å². The molecule has 0 aliphatic carbocycles. The molecule has 0 N–H and O–H groups in total. The van der Waals surface area contributed by atoms with Gasteiger partial charge in [0.25, 0.3) is 11.8 Å². The van der Waals surface area contributed by atoms with E-state index in [0.717, 1.165) is 24.3 Å². The van der Waals surface area contributed by atoms with Crippen molar-refractivity contribution in [3.05, 3.63) is 89.2 Å². The number of nitrogens with zero attached hydrogens (tertiary/aromatic N) is 3. The molecule has 3 aromatic carbocycles. The lowest BCUT2D eigenvalue weighted by Crippen LogP contribution is -2.46. The molecular weight excluding hydrogens is 461 g/mol. The van der Waals surface area contributed by atoms with Gasteiger partial charge in [-0.2, -0.15) is 0 Å². The Balaban J connectivity index is 1.14. The summed E-state index contributed by atoms with van der Waals surface area (Å²) in [5, 5.41) is 0. The number of benzene rings is 3. The van der Waals surface area contributed by atoms with Crippen LogP contribution in [0.4, 0.5) is 10.1 Å². The van der Waals surface area contributed by atoms with Gasteiger partial charge in [0, 0.05) is 32.7 Å². The molecule has 1 unspecified atom stereocenters. The molecule has 0 aromatic heterocycles. The van der Waals surface area contributed by atoms with Crippen LogP contribution in [0.15, 0.2) is 66.7 Å². The van der Waals surface area contributed by atoms with E-state index >= 15 is 0 Å². The third-order valence-electron chi connectivity index (χ3n) is 6.94. The van der Waals surface area contributed by atoms with E-state index in [1.54, 1.807) is 18.2 Å². The van der Waals surface area contributed by atoms with Crippen LogP contribution in [0.25, 0.3) is 0 Å². The third kappa shape index (κ3) is 4.18. The smallest absolute Gasteiger partial charge is 0.263 e. The molecule has 7 nitrogen and oxygen atoms in total. The van der Waals surface area contributed by atoms with Crippen LogP contribution < -0.4 is 14.4 Å². The molecule has 3 aliphatic heterocycles. The fraction of sp³-hybridized carbons (Fsp3) is 0.286. The minimum Gasteiger partial charge on any atom is -0.486 e. The van der Waals surface area contributed by atoms with Crippen molar-refractivity contribution in [3.63, 3.8) is 0 Å². The van der Waals surface area contributed by atoms with Gasteiger partial charge < -0.3 is 14.4 Å². The predicted molar refractivity (Wildman–Crippen MR) is 132 cm³/mol. The number of rotatable bonds is 5. The van der Waals surface area contributed by atoms with E-state index in [0.29, 0.717) is 42.3 Å². The van der Waals surface area contributed by atoms with Crippen molar-refractivity contribution >= 4 is 17.5 Å². The monoisotopic (exact) mass is 487 g/mol. The molecule has 1 saturated heterocycles. The van der Waals surface area contributed by atoms with Crippen molar-refractivity contribution in [2.75, 3.05) is 44.2 Å². The van der Waals surface area contributed by atoms with E-state index in [1.165, 1.54) is 11.0 Å². The number of fused-ring (bicyclic) bond motifs is 2. The summed E-state index contributed by atoms with van der Waals surface area (Å²) >= 11 is 0. The Bertz CT molecular complexity index is 1320. The second-order valence-electron chi connectivity index (χ2n) is 9.31. The van der Waals surface area contributed by atoms with Gasteiger partial charge in [0.2, 0.25) is 0 Å². The van der Waals surface area contributed by atoms with Crippen LogP contribution in [0.3, 0.4) is 0 Å². The summed E-state index contributed by atoms with van der Waals surface area (Å²) in [7, 11) is 0. The quantitative estimate of drug-likeness (QED) is 0.513. The molecule has 3 aliphatic rings. The lowest BCUT2D eigenvalue weighted by atomic mass is 10.1. The fourth-order valence-corrected chi connectivity index (χ4v) is 5.14. The lowest BCUT2D eigenvalue weighted by Gasteiger charge is -2.36. The summed E-state index contributed by atoms with van der Waals surface area (Å²) in [4.78, 5) is 32.4. The normalized spacial score (nSPS) is 19.5.